The van der Waals surface area contributed by atoms with E-state index in [4.69, 9.17) is 0 Å². The Bertz CT molecular complexity index is 330. The Kier molecular flexibility index (Phi) is 4.31. The molecule has 0 aromatic carbocycles. The van der Waals surface area contributed by atoms with E-state index in [-0.39, 0.29) is 0 Å². The van der Waals surface area contributed by atoms with Crippen LogP contribution in [0.2, 0.25) is 0 Å². The van der Waals surface area contributed by atoms with Gasteiger partial charge in [0.1, 0.15) is 0 Å². The number of rotatable bonds is 5. The van der Waals surface area contributed by atoms with Crippen molar-refractivity contribution in [2.45, 2.75) is 26.7 Å². The van der Waals surface area contributed by atoms with E-state index in [0.717, 1.165) is 18.1 Å². The average Bonchev–Trinajstić information content (AvgIpc) is 2.81. The predicted octanol–water partition coefficient (Wildman–Crippen LogP) is 1.93. The van der Waals surface area contributed by atoms with Gasteiger partial charge in [-0.05, 0) is 44.3 Å². The van der Waals surface area contributed by atoms with E-state index in [1.54, 1.807) is 0 Å². The van der Waals surface area contributed by atoms with Crippen LogP contribution in [0.3, 0.4) is 0 Å². The molecule has 0 radical (unpaired) electrons. The smallest absolute Gasteiger partial charge is 0.222 e. The number of nitrogens with zero attached hydrogens (tertiary/aromatic N) is 3. The van der Waals surface area contributed by atoms with E-state index in [1.165, 1.54) is 32.5 Å². The summed E-state index contributed by atoms with van der Waals surface area (Å²) in [5, 5.41) is 3.30. The highest BCUT2D eigenvalue weighted by atomic mass is 15.1. The van der Waals surface area contributed by atoms with Gasteiger partial charge in [0, 0.05) is 25.5 Å². The summed E-state index contributed by atoms with van der Waals surface area (Å²) in [5.74, 6) is 1.38. The van der Waals surface area contributed by atoms with Crippen molar-refractivity contribution in [2.24, 2.45) is 5.92 Å². The van der Waals surface area contributed by atoms with E-state index in [9.17, 15) is 0 Å². The lowest BCUT2D eigenvalue weighted by Gasteiger charge is -2.20. The Morgan fingerprint density at radius 1 is 1.29 bits per heavy atom. The van der Waals surface area contributed by atoms with Crippen molar-refractivity contribution < 1.29 is 0 Å². The Hall–Kier alpha value is -1.16. The summed E-state index contributed by atoms with van der Waals surface area (Å²) in [7, 11) is 0. The monoisotopic (exact) mass is 234 g/mol. The van der Waals surface area contributed by atoms with Crippen LogP contribution in [0, 0.1) is 12.8 Å². The number of likely N-dealkylation sites (tertiary alicyclic amines) is 1. The maximum atomic E-state index is 4.25. The molecule has 1 unspecified atom stereocenters. The van der Waals surface area contributed by atoms with Gasteiger partial charge in [-0.2, -0.15) is 0 Å². The van der Waals surface area contributed by atoms with E-state index in [1.807, 2.05) is 19.3 Å². The van der Waals surface area contributed by atoms with Gasteiger partial charge >= 0.3 is 0 Å². The fourth-order valence-corrected chi connectivity index (χ4v) is 2.22. The zero-order valence-electron chi connectivity index (χ0n) is 10.8. The number of aromatic nitrogens is 2. The fraction of sp³-hybridized carbons (Fsp3) is 0.692. The zero-order valence-corrected chi connectivity index (χ0v) is 10.8. The Morgan fingerprint density at radius 3 is 2.59 bits per heavy atom. The first kappa shape index (κ1) is 12.3. The first-order valence-corrected chi connectivity index (χ1v) is 6.49. The molecule has 1 fully saturated rings. The molecule has 0 bridgehead atoms. The van der Waals surface area contributed by atoms with Gasteiger partial charge < -0.3 is 10.2 Å². The van der Waals surface area contributed by atoms with Gasteiger partial charge in [0.25, 0.3) is 0 Å². The molecule has 2 rings (SSSR count). The zero-order chi connectivity index (χ0) is 12.1. The lowest BCUT2D eigenvalue weighted by Crippen LogP contribution is -2.29. The summed E-state index contributed by atoms with van der Waals surface area (Å²) in [6.07, 6.45) is 6.42. The van der Waals surface area contributed by atoms with Crippen molar-refractivity contribution in [1.82, 2.24) is 14.9 Å². The van der Waals surface area contributed by atoms with Crippen molar-refractivity contribution in [1.29, 1.82) is 0 Å². The molecule has 94 valence electrons. The quantitative estimate of drug-likeness (QED) is 0.845. The summed E-state index contributed by atoms with van der Waals surface area (Å²) in [4.78, 5) is 11.0. The summed E-state index contributed by atoms with van der Waals surface area (Å²) in [5.41, 5.74) is 1.10. The Labute approximate surface area is 103 Å². The number of aryl methyl sites for hydroxylation is 1. The molecule has 2 heterocycles. The summed E-state index contributed by atoms with van der Waals surface area (Å²) >= 11 is 0. The minimum Gasteiger partial charge on any atom is -0.354 e. The van der Waals surface area contributed by atoms with Gasteiger partial charge in [-0.15, -0.1) is 0 Å². The molecule has 0 aliphatic carbocycles. The SMILES string of the molecule is Cc1cnc(NCC(C)CN2CCCC2)nc1. The van der Waals surface area contributed by atoms with E-state index in [2.05, 4.69) is 27.1 Å². The molecule has 0 amide bonds. The maximum absolute atomic E-state index is 4.25. The third-order valence-corrected chi connectivity index (χ3v) is 3.16. The van der Waals surface area contributed by atoms with E-state index >= 15 is 0 Å². The molecule has 1 aliphatic rings. The van der Waals surface area contributed by atoms with Crippen LogP contribution in [0.4, 0.5) is 5.95 Å². The standard InChI is InChI=1S/C13H22N4/c1-11-7-14-13(15-8-11)16-9-12(2)10-17-5-3-4-6-17/h7-8,12H,3-6,9-10H2,1-2H3,(H,14,15,16). The van der Waals surface area contributed by atoms with Gasteiger partial charge in [-0.3, -0.25) is 0 Å². The Morgan fingerprint density at radius 2 is 1.94 bits per heavy atom. The van der Waals surface area contributed by atoms with Crippen LogP contribution in [0.15, 0.2) is 12.4 Å². The van der Waals surface area contributed by atoms with Gasteiger partial charge in [0.2, 0.25) is 5.95 Å². The molecular weight excluding hydrogens is 212 g/mol. The normalized spacial score (nSPS) is 18.2. The molecule has 0 spiro atoms. The molecule has 1 aromatic heterocycles. The topological polar surface area (TPSA) is 41.1 Å². The molecule has 1 atom stereocenters. The lowest BCUT2D eigenvalue weighted by molar-refractivity contribution is 0.294. The van der Waals surface area contributed by atoms with Crippen LogP contribution in [-0.4, -0.2) is 41.0 Å². The minimum atomic E-state index is 0.637. The first-order chi connectivity index (χ1) is 8.24. The number of nitrogens with one attached hydrogen (secondary N) is 1. The number of hydrogen-bond donors (Lipinski definition) is 1. The molecule has 0 saturated carbocycles. The van der Waals surface area contributed by atoms with Gasteiger partial charge in [0.15, 0.2) is 0 Å². The van der Waals surface area contributed by atoms with Crippen LogP contribution in [0.25, 0.3) is 0 Å². The summed E-state index contributed by atoms with van der Waals surface area (Å²) < 4.78 is 0. The minimum absolute atomic E-state index is 0.637. The van der Waals surface area contributed by atoms with Crippen molar-refractivity contribution in [3.63, 3.8) is 0 Å². The Balaban J connectivity index is 1.71. The summed E-state index contributed by atoms with van der Waals surface area (Å²) in [6, 6.07) is 0. The molecule has 4 nitrogen and oxygen atoms in total. The third-order valence-electron chi connectivity index (χ3n) is 3.16. The highest BCUT2D eigenvalue weighted by Crippen LogP contribution is 2.10. The molecule has 1 aromatic rings. The third kappa shape index (κ3) is 3.97. The second kappa shape index (κ2) is 5.96. The van der Waals surface area contributed by atoms with Crippen LogP contribution in [0.5, 0.6) is 0 Å². The molecule has 1 N–H and O–H groups in total. The van der Waals surface area contributed by atoms with Gasteiger partial charge in [0.05, 0.1) is 0 Å². The first-order valence-electron chi connectivity index (χ1n) is 6.49. The predicted molar refractivity (Wildman–Crippen MR) is 70.1 cm³/mol. The molecular formula is C13H22N4. The van der Waals surface area contributed by atoms with Crippen molar-refractivity contribution >= 4 is 5.95 Å². The highest BCUT2D eigenvalue weighted by Gasteiger charge is 2.14. The van der Waals surface area contributed by atoms with Crippen molar-refractivity contribution in [3.05, 3.63) is 18.0 Å². The van der Waals surface area contributed by atoms with Crippen LogP contribution in [0.1, 0.15) is 25.3 Å². The second-order valence-corrected chi connectivity index (χ2v) is 5.08. The van der Waals surface area contributed by atoms with E-state index < -0.39 is 0 Å². The van der Waals surface area contributed by atoms with Gasteiger partial charge in [-0.1, -0.05) is 6.92 Å². The van der Waals surface area contributed by atoms with Gasteiger partial charge in [-0.25, -0.2) is 9.97 Å². The molecule has 4 heteroatoms. The second-order valence-electron chi connectivity index (χ2n) is 5.08. The highest BCUT2D eigenvalue weighted by molar-refractivity contribution is 5.24. The lowest BCUT2D eigenvalue weighted by atomic mass is 10.1. The number of anilines is 1. The van der Waals surface area contributed by atoms with Crippen LogP contribution in [-0.2, 0) is 0 Å². The molecule has 1 saturated heterocycles. The molecule has 1 aliphatic heterocycles. The summed E-state index contributed by atoms with van der Waals surface area (Å²) in [6.45, 7) is 8.94. The van der Waals surface area contributed by atoms with Crippen LogP contribution >= 0.6 is 0 Å². The van der Waals surface area contributed by atoms with E-state index in [0.29, 0.717) is 5.92 Å². The fourth-order valence-electron chi connectivity index (χ4n) is 2.22. The maximum Gasteiger partial charge on any atom is 0.222 e. The number of hydrogen-bond acceptors (Lipinski definition) is 4. The average molecular weight is 234 g/mol. The largest absolute Gasteiger partial charge is 0.354 e. The van der Waals surface area contributed by atoms with Crippen molar-refractivity contribution in [2.75, 3.05) is 31.5 Å². The van der Waals surface area contributed by atoms with Crippen molar-refractivity contribution in [3.8, 4) is 0 Å². The molecule has 17 heavy (non-hydrogen) atoms. The van der Waals surface area contributed by atoms with Crippen LogP contribution < -0.4 is 5.32 Å².